The van der Waals surface area contributed by atoms with Gasteiger partial charge in [-0.1, -0.05) is 42.0 Å². The van der Waals surface area contributed by atoms with E-state index in [4.69, 9.17) is 0 Å². The Morgan fingerprint density at radius 2 is 1.70 bits per heavy atom. The zero-order valence-corrected chi connectivity index (χ0v) is 19.5. The quantitative estimate of drug-likeness (QED) is 0.443. The Balaban J connectivity index is 1.36. The highest BCUT2D eigenvalue weighted by atomic mass is 32.2. The van der Waals surface area contributed by atoms with Crippen molar-refractivity contribution < 1.29 is 8.42 Å². The molecule has 10 heteroatoms. The van der Waals surface area contributed by atoms with Crippen molar-refractivity contribution in [3.8, 4) is 0 Å². The van der Waals surface area contributed by atoms with Crippen LogP contribution < -0.4 is 5.56 Å². The SMILES string of the molecule is Cc1ccc2c(c1)c(=O)n(C)c1nnc(CN3CCN(S(=O)(=O)Cc4ccccc4)CC3)n21. The zero-order chi connectivity index (χ0) is 23.2. The number of benzene rings is 2. The lowest BCUT2D eigenvalue weighted by atomic mass is 10.1. The Kier molecular flexibility index (Phi) is 5.51. The number of piperazine rings is 1. The molecule has 9 nitrogen and oxygen atoms in total. The lowest BCUT2D eigenvalue weighted by Crippen LogP contribution is -2.48. The first kappa shape index (κ1) is 21.7. The van der Waals surface area contributed by atoms with Crippen molar-refractivity contribution in [1.29, 1.82) is 0 Å². The van der Waals surface area contributed by atoms with E-state index in [0.717, 1.165) is 22.5 Å². The molecule has 3 heterocycles. The Bertz CT molecular complexity index is 1490. The maximum Gasteiger partial charge on any atom is 0.262 e. The summed E-state index contributed by atoms with van der Waals surface area (Å²) in [7, 11) is -1.66. The Labute approximate surface area is 191 Å². The monoisotopic (exact) mass is 466 g/mol. The highest BCUT2D eigenvalue weighted by Crippen LogP contribution is 2.18. The van der Waals surface area contributed by atoms with Crippen LogP contribution in [-0.4, -0.2) is 63.0 Å². The van der Waals surface area contributed by atoms with Crippen molar-refractivity contribution in [2.75, 3.05) is 26.2 Å². The van der Waals surface area contributed by atoms with Gasteiger partial charge in [0.25, 0.3) is 5.56 Å². The summed E-state index contributed by atoms with van der Waals surface area (Å²) < 4.78 is 30.7. The van der Waals surface area contributed by atoms with Gasteiger partial charge in [0.2, 0.25) is 15.8 Å². The predicted molar refractivity (Wildman–Crippen MR) is 126 cm³/mol. The average molecular weight is 467 g/mol. The number of fused-ring (bicyclic) bond motifs is 3. The summed E-state index contributed by atoms with van der Waals surface area (Å²) in [6.07, 6.45) is 0. The number of nitrogens with zero attached hydrogens (tertiary/aromatic N) is 6. The molecule has 0 saturated carbocycles. The highest BCUT2D eigenvalue weighted by Gasteiger charge is 2.28. The second-order valence-electron chi connectivity index (χ2n) is 8.55. The minimum Gasteiger partial charge on any atom is -0.293 e. The summed E-state index contributed by atoms with van der Waals surface area (Å²) in [4.78, 5) is 14.9. The highest BCUT2D eigenvalue weighted by molar-refractivity contribution is 7.88. The van der Waals surface area contributed by atoms with Crippen LogP contribution in [0.25, 0.3) is 16.7 Å². The molecule has 0 spiro atoms. The van der Waals surface area contributed by atoms with Crippen molar-refractivity contribution in [1.82, 2.24) is 28.4 Å². The number of hydrogen-bond donors (Lipinski definition) is 0. The molecule has 4 aromatic rings. The molecule has 0 atom stereocenters. The van der Waals surface area contributed by atoms with Gasteiger partial charge in [0.1, 0.15) is 0 Å². The Morgan fingerprint density at radius 3 is 2.42 bits per heavy atom. The van der Waals surface area contributed by atoms with Gasteiger partial charge >= 0.3 is 0 Å². The third kappa shape index (κ3) is 4.05. The first-order valence-corrected chi connectivity index (χ1v) is 12.5. The van der Waals surface area contributed by atoms with Crippen LogP contribution >= 0.6 is 0 Å². The third-order valence-corrected chi connectivity index (χ3v) is 8.07. The number of aromatic nitrogens is 4. The summed E-state index contributed by atoms with van der Waals surface area (Å²) in [6.45, 7) is 4.56. The van der Waals surface area contributed by atoms with Gasteiger partial charge in [-0.15, -0.1) is 10.2 Å². The first-order valence-electron chi connectivity index (χ1n) is 10.9. The van der Waals surface area contributed by atoms with Gasteiger partial charge in [-0.2, -0.15) is 4.31 Å². The largest absolute Gasteiger partial charge is 0.293 e. The van der Waals surface area contributed by atoms with Crippen LogP contribution in [0.5, 0.6) is 0 Å². The maximum atomic E-state index is 12.8. The molecule has 1 aliphatic heterocycles. The molecule has 0 unspecified atom stereocenters. The molecular weight excluding hydrogens is 440 g/mol. The standard InChI is InChI=1S/C23H26N6O3S/c1-17-8-9-20-19(14-17)22(30)26(2)23-25-24-21(29(20)23)15-27-10-12-28(13-11-27)33(31,32)16-18-6-4-3-5-7-18/h3-9,14H,10-13,15-16H2,1-2H3. The summed E-state index contributed by atoms with van der Waals surface area (Å²) in [5.74, 6) is 1.24. The molecule has 0 aliphatic carbocycles. The maximum absolute atomic E-state index is 12.8. The van der Waals surface area contributed by atoms with Crippen LogP contribution in [0.1, 0.15) is 17.0 Å². The third-order valence-electron chi connectivity index (χ3n) is 6.22. The molecule has 1 saturated heterocycles. The fourth-order valence-electron chi connectivity index (χ4n) is 4.40. The summed E-state index contributed by atoms with van der Waals surface area (Å²) in [5.41, 5.74) is 2.49. The van der Waals surface area contributed by atoms with E-state index >= 15 is 0 Å². The minimum absolute atomic E-state index is 0.0160. The van der Waals surface area contributed by atoms with Gasteiger partial charge in [-0.3, -0.25) is 18.7 Å². The van der Waals surface area contributed by atoms with Gasteiger partial charge < -0.3 is 0 Å². The fourth-order valence-corrected chi connectivity index (χ4v) is 5.92. The number of hydrogen-bond acceptors (Lipinski definition) is 6. The lowest BCUT2D eigenvalue weighted by molar-refractivity contribution is 0.177. The van der Waals surface area contributed by atoms with E-state index in [-0.39, 0.29) is 11.3 Å². The molecule has 2 aromatic heterocycles. The van der Waals surface area contributed by atoms with E-state index in [1.807, 2.05) is 59.9 Å². The van der Waals surface area contributed by atoms with Crippen molar-refractivity contribution >= 4 is 26.7 Å². The normalized spacial score (nSPS) is 16.1. The molecule has 0 bridgehead atoms. The second kappa shape index (κ2) is 8.36. The molecule has 33 heavy (non-hydrogen) atoms. The summed E-state index contributed by atoms with van der Waals surface area (Å²) in [5, 5.41) is 9.26. The van der Waals surface area contributed by atoms with E-state index in [9.17, 15) is 13.2 Å². The molecule has 1 fully saturated rings. The first-order chi connectivity index (χ1) is 15.8. The fraction of sp³-hybridized carbons (Fsp3) is 0.348. The van der Waals surface area contributed by atoms with Crippen molar-refractivity contribution in [2.45, 2.75) is 19.2 Å². The van der Waals surface area contributed by atoms with E-state index in [2.05, 4.69) is 15.1 Å². The molecule has 172 valence electrons. The summed E-state index contributed by atoms with van der Waals surface area (Å²) in [6, 6.07) is 15.1. The molecular formula is C23H26N6O3S. The van der Waals surface area contributed by atoms with Crippen LogP contribution in [0.4, 0.5) is 0 Å². The minimum atomic E-state index is -3.36. The van der Waals surface area contributed by atoms with E-state index in [1.165, 1.54) is 4.57 Å². The Morgan fingerprint density at radius 1 is 0.970 bits per heavy atom. The van der Waals surface area contributed by atoms with Crippen molar-refractivity contribution in [3.05, 3.63) is 75.8 Å². The van der Waals surface area contributed by atoms with Crippen LogP contribution in [0.3, 0.4) is 0 Å². The number of rotatable bonds is 5. The lowest BCUT2D eigenvalue weighted by Gasteiger charge is -2.33. The smallest absolute Gasteiger partial charge is 0.262 e. The molecule has 0 amide bonds. The van der Waals surface area contributed by atoms with E-state index < -0.39 is 10.0 Å². The van der Waals surface area contributed by atoms with Gasteiger partial charge in [0.05, 0.1) is 23.2 Å². The van der Waals surface area contributed by atoms with Crippen LogP contribution in [0, 0.1) is 6.92 Å². The van der Waals surface area contributed by atoms with E-state index in [1.54, 1.807) is 11.4 Å². The van der Waals surface area contributed by atoms with Gasteiger partial charge in [0, 0.05) is 33.2 Å². The Hall–Kier alpha value is -3.08. The van der Waals surface area contributed by atoms with Gasteiger partial charge in [-0.05, 0) is 24.6 Å². The van der Waals surface area contributed by atoms with Crippen LogP contribution in [0.15, 0.2) is 53.3 Å². The molecule has 0 radical (unpaired) electrons. The second-order valence-corrected chi connectivity index (χ2v) is 10.5. The van der Waals surface area contributed by atoms with E-state index in [0.29, 0.717) is 43.9 Å². The van der Waals surface area contributed by atoms with Crippen LogP contribution in [0.2, 0.25) is 0 Å². The molecule has 0 N–H and O–H groups in total. The average Bonchev–Trinajstić information content (AvgIpc) is 3.22. The predicted octanol–water partition coefficient (Wildman–Crippen LogP) is 1.54. The number of aryl methyl sites for hydroxylation is 2. The molecule has 5 rings (SSSR count). The van der Waals surface area contributed by atoms with Gasteiger partial charge in [-0.25, -0.2) is 8.42 Å². The molecule has 1 aliphatic rings. The number of sulfonamides is 1. The van der Waals surface area contributed by atoms with Gasteiger partial charge in [0.15, 0.2) is 5.82 Å². The summed E-state index contributed by atoms with van der Waals surface area (Å²) >= 11 is 0. The zero-order valence-electron chi connectivity index (χ0n) is 18.7. The molecule has 2 aromatic carbocycles. The van der Waals surface area contributed by atoms with Crippen molar-refractivity contribution in [2.24, 2.45) is 7.05 Å². The topological polar surface area (TPSA) is 92.8 Å². The van der Waals surface area contributed by atoms with Crippen LogP contribution in [-0.2, 0) is 29.4 Å². The van der Waals surface area contributed by atoms with Crippen molar-refractivity contribution in [3.63, 3.8) is 0 Å².